The summed E-state index contributed by atoms with van der Waals surface area (Å²) in [6.45, 7) is 9.15. The van der Waals surface area contributed by atoms with Gasteiger partial charge in [-0.25, -0.2) is 0 Å². The van der Waals surface area contributed by atoms with Crippen molar-refractivity contribution in [2.45, 2.75) is 33.1 Å². The Bertz CT molecular complexity index is 660. The fraction of sp³-hybridized carbons (Fsp3) is 0.400. The Kier molecular flexibility index (Phi) is 4.38. The van der Waals surface area contributed by atoms with Gasteiger partial charge in [0.05, 0.1) is 20.6 Å². The van der Waals surface area contributed by atoms with Crippen LogP contribution in [-0.4, -0.2) is 11.5 Å². The molecule has 108 valence electrons. The van der Waals surface area contributed by atoms with Crippen LogP contribution in [0.2, 0.25) is 15.1 Å². The first kappa shape index (κ1) is 15.7. The molecule has 0 atom stereocenters. The summed E-state index contributed by atoms with van der Waals surface area (Å²) in [6.07, 6.45) is 0. The number of hydrogen-bond acceptors (Lipinski definition) is 2. The summed E-state index contributed by atoms with van der Waals surface area (Å²) in [5.41, 5.74) is 2.48. The van der Waals surface area contributed by atoms with Crippen LogP contribution in [-0.2, 0) is 5.41 Å². The van der Waals surface area contributed by atoms with Gasteiger partial charge in [-0.1, -0.05) is 55.6 Å². The lowest BCUT2D eigenvalue weighted by Crippen LogP contribution is -2.14. The first-order chi connectivity index (χ1) is 9.25. The number of halogens is 3. The third kappa shape index (κ3) is 2.83. The number of benzene rings is 1. The van der Waals surface area contributed by atoms with Gasteiger partial charge < -0.3 is 5.32 Å². The number of anilines is 1. The summed E-state index contributed by atoms with van der Waals surface area (Å²) >= 11 is 18.8. The molecular weight excluding hydrogens is 315 g/mol. The number of rotatable bonds is 2. The predicted molar refractivity (Wildman–Crippen MR) is 89.6 cm³/mol. The molecule has 1 aromatic heterocycles. The highest BCUT2D eigenvalue weighted by atomic mass is 35.5. The average molecular weight is 332 g/mol. The molecule has 20 heavy (non-hydrogen) atoms. The van der Waals surface area contributed by atoms with Gasteiger partial charge in [-0.3, -0.25) is 4.98 Å². The van der Waals surface area contributed by atoms with Gasteiger partial charge in [-0.15, -0.1) is 0 Å². The third-order valence-corrected chi connectivity index (χ3v) is 4.14. The lowest BCUT2D eigenvalue weighted by molar-refractivity contribution is 0.572. The Morgan fingerprint density at radius 1 is 1.10 bits per heavy atom. The van der Waals surface area contributed by atoms with E-state index in [2.05, 4.69) is 31.1 Å². The maximum atomic E-state index is 6.33. The minimum absolute atomic E-state index is 0.0756. The van der Waals surface area contributed by atoms with Crippen LogP contribution in [0.25, 0.3) is 10.9 Å². The van der Waals surface area contributed by atoms with E-state index in [1.807, 2.05) is 13.0 Å². The highest BCUT2D eigenvalue weighted by molar-refractivity contribution is 6.48. The summed E-state index contributed by atoms with van der Waals surface area (Å²) < 4.78 is 0. The molecule has 0 saturated heterocycles. The van der Waals surface area contributed by atoms with E-state index in [-0.39, 0.29) is 5.41 Å². The van der Waals surface area contributed by atoms with Crippen LogP contribution in [0.15, 0.2) is 12.1 Å². The molecule has 0 bridgehead atoms. The largest absolute Gasteiger partial charge is 0.385 e. The molecule has 1 heterocycles. The molecule has 0 amide bonds. The quantitative estimate of drug-likeness (QED) is 0.690. The number of nitrogens with zero attached hydrogens (tertiary/aromatic N) is 1. The van der Waals surface area contributed by atoms with Gasteiger partial charge in [0, 0.05) is 28.7 Å². The van der Waals surface area contributed by atoms with Crippen molar-refractivity contribution >= 4 is 51.4 Å². The number of aromatic nitrogens is 1. The Morgan fingerprint density at radius 2 is 1.75 bits per heavy atom. The van der Waals surface area contributed by atoms with Crippen molar-refractivity contribution in [1.82, 2.24) is 4.98 Å². The smallest absolute Gasteiger partial charge is 0.0928 e. The second kappa shape index (κ2) is 5.59. The monoisotopic (exact) mass is 330 g/mol. The van der Waals surface area contributed by atoms with Gasteiger partial charge in [0.15, 0.2) is 0 Å². The van der Waals surface area contributed by atoms with E-state index in [0.717, 1.165) is 23.3 Å². The number of nitrogens with one attached hydrogen (secondary N) is 1. The Labute approximate surface area is 134 Å². The zero-order chi connectivity index (χ0) is 15.1. The number of hydrogen-bond donors (Lipinski definition) is 1. The van der Waals surface area contributed by atoms with E-state index in [4.69, 9.17) is 34.8 Å². The van der Waals surface area contributed by atoms with Crippen molar-refractivity contribution in [3.05, 3.63) is 32.9 Å². The second-order valence-electron chi connectivity index (χ2n) is 5.71. The summed E-state index contributed by atoms with van der Waals surface area (Å²) in [4.78, 5) is 4.68. The summed E-state index contributed by atoms with van der Waals surface area (Å²) in [5.74, 6) is 0. The molecule has 0 spiro atoms. The zero-order valence-electron chi connectivity index (χ0n) is 11.9. The molecule has 0 unspecified atom stereocenters. The van der Waals surface area contributed by atoms with Crippen molar-refractivity contribution in [1.29, 1.82) is 0 Å². The van der Waals surface area contributed by atoms with E-state index >= 15 is 0 Å². The molecule has 0 aliphatic rings. The van der Waals surface area contributed by atoms with Crippen molar-refractivity contribution in [2.75, 3.05) is 11.9 Å². The standard InChI is InChI=1S/C15H17Cl3N2/c1-5-19-10-7-11(15(2,3)4)20-14-9(17)6-8(16)13(18)12(10)14/h6-7H,5H2,1-4H3,(H,19,20). The average Bonchev–Trinajstić information content (AvgIpc) is 2.34. The van der Waals surface area contributed by atoms with Crippen molar-refractivity contribution in [3.63, 3.8) is 0 Å². The normalized spacial score (nSPS) is 11.9. The lowest BCUT2D eigenvalue weighted by Gasteiger charge is -2.21. The summed E-state index contributed by atoms with van der Waals surface area (Å²) in [5, 5.41) is 5.53. The van der Waals surface area contributed by atoms with Crippen LogP contribution in [0, 0.1) is 0 Å². The molecular formula is C15H17Cl3N2. The van der Waals surface area contributed by atoms with Crippen LogP contribution in [0.1, 0.15) is 33.4 Å². The van der Waals surface area contributed by atoms with Gasteiger partial charge >= 0.3 is 0 Å². The molecule has 1 aromatic carbocycles. The molecule has 0 radical (unpaired) electrons. The van der Waals surface area contributed by atoms with Crippen LogP contribution in [0.5, 0.6) is 0 Å². The fourth-order valence-electron chi connectivity index (χ4n) is 2.02. The maximum Gasteiger partial charge on any atom is 0.0928 e. The minimum atomic E-state index is -0.0756. The Morgan fingerprint density at radius 3 is 2.30 bits per heavy atom. The van der Waals surface area contributed by atoms with Crippen LogP contribution >= 0.6 is 34.8 Å². The molecule has 5 heteroatoms. The highest BCUT2D eigenvalue weighted by Crippen LogP contribution is 2.40. The van der Waals surface area contributed by atoms with Gasteiger partial charge in [0.2, 0.25) is 0 Å². The molecule has 0 saturated carbocycles. The van der Waals surface area contributed by atoms with E-state index in [1.54, 1.807) is 6.07 Å². The first-order valence-electron chi connectivity index (χ1n) is 6.48. The van der Waals surface area contributed by atoms with Gasteiger partial charge in [-0.05, 0) is 19.1 Å². The van der Waals surface area contributed by atoms with E-state index in [1.165, 1.54) is 0 Å². The topological polar surface area (TPSA) is 24.9 Å². The van der Waals surface area contributed by atoms with E-state index < -0.39 is 0 Å². The zero-order valence-corrected chi connectivity index (χ0v) is 14.2. The van der Waals surface area contributed by atoms with Crippen molar-refractivity contribution in [2.24, 2.45) is 0 Å². The Balaban J connectivity index is 2.89. The maximum absolute atomic E-state index is 6.33. The predicted octanol–water partition coefficient (Wildman–Crippen LogP) is 5.92. The van der Waals surface area contributed by atoms with Crippen molar-refractivity contribution in [3.8, 4) is 0 Å². The van der Waals surface area contributed by atoms with Crippen molar-refractivity contribution < 1.29 is 0 Å². The number of pyridine rings is 1. The third-order valence-electron chi connectivity index (χ3n) is 3.06. The SMILES string of the molecule is CCNc1cc(C(C)(C)C)nc2c(Cl)cc(Cl)c(Cl)c12. The molecule has 2 aromatic rings. The first-order valence-corrected chi connectivity index (χ1v) is 7.61. The van der Waals surface area contributed by atoms with Crippen LogP contribution < -0.4 is 5.32 Å². The summed E-state index contributed by atoms with van der Waals surface area (Å²) in [7, 11) is 0. The minimum Gasteiger partial charge on any atom is -0.385 e. The highest BCUT2D eigenvalue weighted by Gasteiger charge is 2.21. The molecule has 1 N–H and O–H groups in total. The second-order valence-corrected chi connectivity index (χ2v) is 6.91. The summed E-state index contributed by atoms with van der Waals surface area (Å²) in [6, 6.07) is 3.66. The molecule has 0 aliphatic heterocycles. The lowest BCUT2D eigenvalue weighted by atomic mass is 9.90. The van der Waals surface area contributed by atoms with Gasteiger partial charge in [0.25, 0.3) is 0 Å². The van der Waals surface area contributed by atoms with Crippen LogP contribution in [0.4, 0.5) is 5.69 Å². The fourth-order valence-corrected chi connectivity index (χ4v) is 2.77. The number of fused-ring (bicyclic) bond motifs is 1. The Hall–Kier alpha value is -0.700. The molecule has 0 aliphatic carbocycles. The molecule has 2 nitrogen and oxygen atoms in total. The van der Waals surface area contributed by atoms with Gasteiger partial charge in [0.1, 0.15) is 0 Å². The molecule has 2 rings (SSSR count). The van der Waals surface area contributed by atoms with E-state index in [9.17, 15) is 0 Å². The van der Waals surface area contributed by atoms with Gasteiger partial charge in [-0.2, -0.15) is 0 Å². The molecule has 0 fully saturated rings. The van der Waals surface area contributed by atoms with E-state index in [0.29, 0.717) is 20.6 Å². The van der Waals surface area contributed by atoms with Crippen LogP contribution in [0.3, 0.4) is 0 Å².